The van der Waals surface area contributed by atoms with Crippen LogP contribution in [0.1, 0.15) is 38.3 Å². The van der Waals surface area contributed by atoms with Crippen molar-refractivity contribution in [3.63, 3.8) is 0 Å². The first-order chi connectivity index (χ1) is 15.8. The standard InChI is InChI=1S/C25H24Cl2N2O3S/c1-4-33(31)16-11-9-15(10-12-16)24(30)25-28-19-13-18(26)21(22(27)23(19)29-25)17-7-5-6-8-20(17)32-14(2)3/h5-14,24,30H,4H2,1-3H3,(H,28,29). The third-order valence-corrected chi connectivity index (χ3v) is 7.17. The maximum absolute atomic E-state index is 12.0. The molecule has 2 unspecified atom stereocenters. The van der Waals surface area contributed by atoms with Crippen molar-refractivity contribution in [3.05, 3.63) is 76.0 Å². The van der Waals surface area contributed by atoms with E-state index in [1.807, 2.05) is 45.0 Å². The van der Waals surface area contributed by atoms with E-state index < -0.39 is 16.9 Å². The molecule has 0 saturated carbocycles. The lowest BCUT2D eigenvalue weighted by molar-refractivity contribution is 0.211. The van der Waals surface area contributed by atoms with Crippen LogP contribution in [0.3, 0.4) is 0 Å². The van der Waals surface area contributed by atoms with Gasteiger partial charge in [-0.2, -0.15) is 0 Å². The fourth-order valence-electron chi connectivity index (χ4n) is 3.63. The minimum atomic E-state index is -1.05. The lowest BCUT2D eigenvalue weighted by Crippen LogP contribution is -2.06. The van der Waals surface area contributed by atoms with Crippen molar-refractivity contribution < 1.29 is 14.1 Å². The summed E-state index contributed by atoms with van der Waals surface area (Å²) in [6.45, 7) is 5.78. The first-order valence-corrected chi connectivity index (χ1v) is 12.7. The van der Waals surface area contributed by atoms with Gasteiger partial charge in [-0.1, -0.05) is 60.5 Å². The van der Waals surface area contributed by atoms with E-state index in [0.29, 0.717) is 49.5 Å². The molecule has 1 aromatic heterocycles. The quantitative estimate of drug-likeness (QED) is 0.301. The smallest absolute Gasteiger partial charge is 0.140 e. The van der Waals surface area contributed by atoms with Crippen LogP contribution in [0, 0.1) is 0 Å². The highest BCUT2D eigenvalue weighted by Gasteiger charge is 2.22. The summed E-state index contributed by atoms with van der Waals surface area (Å²) in [5.74, 6) is 1.56. The molecule has 4 aromatic rings. The Morgan fingerprint density at radius 3 is 2.48 bits per heavy atom. The topological polar surface area (TPSA) is 75.2 Å². The average molecular weight is 503 g/mol. The van der Waals surface area contributed by atoms with Crippen molar-refractivity contribution in [1.29, 1.82) is 0 Å². The number of imidazole rings is 1. The molecule has 8 heteroatoms. The number of para-hydroxylation sites is 1. The number of halogens is 2. The van der Waals surface area contributed by atoms with E-state index in [9.17, 15) is 9.32 Å². The number of aliphatic hydroxyl groups excluding tert-OH is 1. The highest BCUT2D eigenvalue weighted by Crippen LogP contribution is 2.43. The second-order valence-electron chi connectivity index (χ2n) is 7.83. The van der Waals surface area contributed by atoms with Crippen LogP contribution in [0.4, 0.5) is 0 Å². The zero-order valence-corrected chi connectivity index (χ0v) is 20.8. The second kappa shape index (κ2) is 9.85. The van der Waals surface area contributed by atoms with Crippen molar-refractivity contribution in [1.82, 2.24) is 9.97 Å². The predicted molar refractivity (Wildman–Crippen MR) is 135 cm³/mol. The molecule has 0 amide bonds. The summed E-state index contributed by atoms with van der Waals surface area (Å²) in [4.78, 5) is 8.43. The van der Waals surface area contributed by atoms with Crippen molar-refractivity contribution in [3.8, 4) is 16.9 Å². The van der Waals surface area contributed by atoms with Gasteiger partial charge in [0.25, 0.3) is 0 Å². The van der Waals surface area contributed by atoms with Crippen molar-refractivity contribution in [2.24, 2.45) is 0 Å². The number of nitrogens with zero attached hydrogens (tertiary/aromatic N) is 1. The van der Waals surface area contributed by atoms with Gasteiger partial charge in [0.05, 0.1) is 32.5 Å². The molecule has 4 rings (SSSR count). The van der Waals surface area contributed by atoms with E-state index in [-0.39, 0.29) is 6.10 Å². The molecule has 172 valence electrons. The largest absolute Gasteiger partial charge is 0.490 e. The van der Waals surface area contributed by atoms with Crippen molar-refractivity contribution in [2.45, 2.75) is 37.9 Å². The van der Waals surface area contributed by atoms with Crippen LogP contribution in [0.15, 0.2) is 59.5 Å². The van der Waals surface area contributed by atoms with E-state index in [4.69, 9.17) is 27.9 Å². The third kappa shape index (κ3) is 4.80. The molecule has 3 aromatic carbocycles. The maximum atomic E-state index is 12.0. The first-order valence-electron chi connectivity index (χ1n) is 10.6. The SMILES string of the molecule is CCS(=O)c1ccc(C(O)c2nc3c(Cl)c(-c4ccccc4OC(C)C)c(Cl)cc3[nH]2)cc1. The molecular formula is C25H24Cl2N2O3S. The fourth-order valence-corrected chi connectivity index (χ4v) is 5.11. The molecule has 0 aliphatic carbocycles. The summed E-state index contributed by atoms with van der Waals surface area (Å²) >= 11 is 13.4. The lowest BCUT2D eigenvalue weighted by atomic mass is 10.0. The van der Waals surface area contributed by atoms with Gasteiger partial charge in [-0.25, -0.2) is 4.98 Å². The number of nitrogens with one attached hydrogen (secondary N) is 1. The minimum Gasteiger partial charge on any atom is -0.490 e. The number of benzene rings is 3. The van der Waals surface area contributed by atoms with Crippen LogP contribution < -0.4 is 4.74 Å². The molecule has 0 fully saturated rings. The number of fused-ring (bicyclic) bond motifs is 1. The number of hydrogen-bond donors (Lipinski definition) is 2. The molecule has 0 radical (unpaired) electrons. The maximum Gasteiger partial charge on any atom is 0.140 e. The second-order valence-corrected chi connectivity index (χ2v) is 10.4. The number of rotatable bonds is 7. The molecule has 0 spiro atoms. The minimum absolute atomic E-state index is 0.0132. The first kappa shape index (κ1) is 23.8. The number of aromatic amines is 1. The Kier molecular flexibility index (Phi) is 7.10. The van der Waals surface area contributed by atoms with Gasteiger partial charge in [0.2, 0.25) is 0 Å². The molecule has 33 heavy (non-hydrogen) atoms. The van der Waals surface area contributed by atoms with Gasteiger partial charge in [-0.05, 0) is 43.7 Å². The molecular weight excluding hydrogens is 479 g/mol. The van der Waals surface area contributed by atoms with Gasteiger partial charge >= 0.3 is 0 Å². The molecule has 2 atom stereocenters. The van der Waals surface area contributed by atoms with E-state index in [2.05, 4.69) is 9.97 Å². The Morgan fingerprint density at radius 2 is 1.82 bits per heavy atom. The summed E-state index contributed by atoms with van der Waals surface area (Å²) < 4.78 is 17.9. The van der Waals surface area contributed by atoms with Gasteiger partial charge < -0.3 is 14.8 Å². The summed E-state index contributed by atoms with van der Waals surface area (Å²) in [6, 6.07) is 16.3. The monoisotopic (exact) mass is 502 g/mol. The van der Waals surface area contributed by atoms with Gasteiger partial charge in [-0.15, -0.1) is 0 Å². The lowest BCUT2D eigenvalue weighted by Gasteiger charge is -2.16. The van der Waals surface area contributed by atoms with Crippen molar-refractivity contribution in [2.75, 3.05) is 5.75 Å². The zero-order valence-electron chi connectivity index (χ0n) is 18.4. The van der Waals surface area contributed by atoms with Crippen LogP contribution in [0.2, 0.25) is 10.0 Å². The Labute approximate surface area is 205 Å². The number of hydrogen-bond acceptors (Lipinski definition) is 4. The van der Waals surface area contributed by atoms with E-state index in [0.717, 1.165) is 10.5 Å². The molecule has 0 aliphatic rings. The number of aromatic nitrogens is 2. The van der Waals surface area contributed by atoms with Gasteiger partial charge in [0, 0.05) is 21.8 Å². The highest BCUT2D eigenvalue weighted by molar-refractivity contribution is 7.85. The van der Waals surface area contributed by atoms with Gasteiger partial charge in [0.15, 0.2) is 0 Å². The summed E-state index contributed by atoms with van der Waals surface area (Å²) in [5.41, 5.74) is 3.15. The molecule has 0 saturated heterocycles. The predicted octanol–water partition coefficient (Wildman–Crippen LogP) is 6.53. The summed E-state index contributed by atoms with van der Waals surface area (Å²) in [5, 5.41) is 11.7. The van der Waals surface area contributed by atoms with Crippen LogP contribution in [0.25, 0.3) is 22.2 Å². The Morgan fingerprint density at radius 1 is 1.12 bits per heavy atom. The van der Waals surface area contributed by atoms with E-state index >= 15 is 0 Å². The van der Waals surface area contributed by atoms with Crippen LogP contribution in [0.5, 0.6) is 5.75 Å². The van der Waals surface area contributed by atoms with Crippen LogP contribution in [-0.4, -0.2) is 31.1 Å². The van der Waals surface area contributed by atoms with Crippen molar-refractivity contribution >= 4 is 45.0 Å². The van der Waals surface area contributed by atoms with Gasteiger partial charge in [-0.3, -0.25) is 4.21 Å². The normalized spacial score (nSPS) is 13.4. The number of aliphatic hydroxyl groups is 1. The highest BCUT2D eigenvalue weighted by atomic mass is 35.5. The Hall–Kier alpha value is -2.38. The molecule has 2 N–H and O–H groups in total. The molecule has 0 aliphatic heterocycles. The third-order valence-electron chi connectivity index (χ3n) is 5.19. The average Bonchev–Trinajstić information content (AvgIpc) is 3.23. The Bertz CT molecular complexity index is 1320. The summed E-state index contributed by atoms with van der Waals surface area (Å²) in [7, 11) is -1.05. The summed E-state index contributed by atoms with van der Waals surface area (Å²) in [6.07, 6.45) is -1.02. The molecule has 5 nitrogen and oxygen atoms in total. The van der Waals surface area contributed by atoms with Gasteiger partial charge in [0.1, 0.15) is 23.2 Å². The zero-order chi connectivity index (χ0) is 23.7. The molecule has 0 bridgehead atoms. The number of ether oxygens (including phenoxy) is 1. The van der Waals surface area contributed by atoms with Crippen LogP contribution in [-0.2, 0) is 10.8 Å². The van der Waals surface area contributed by atoms with Crippen LogP contribution >= 0.6 is 23.2 Å². The van der Waals surface area contributed by atoms with E-state index in [1.54, 1.807) is 30.3 Å². The fraction of sp³-hybridized carbons (Fsp3) is 0.240. The molecule has 1 heterocycles. The Balaban J connectivity index is 1.75. The van der Waals surface area contributed by atoms with E-state index in [1.165, 1.54) is 0 Å². The number of H-pyrrole nitrogens is 1.